The summed E-state index contributed by atoms with van der Waals surface area (Å²) in [6.45, 7) is 5.13. The van der Waals surface area contributed by atoms with Crippen molar-refractivity contribution in [3.63, 3.8) is 0 Å². The Morgan fingerprint density at radius 1 is 1.32 bits per heavy atom. The minimum absolute atomic E-state index is 0.190. The Kier molecular flexibility index (Phi) is 4.81. The summed E-state index contributed by atoms with van der Waals surface area (Å²) in [5.74, 6) is -0.433. The second kappa shape index (κ2) is 6.44. The lowest BCUT2D eigenvalue weighted by atomic mass is 10.1. The molecule has 0 radical (unpaired) electrons. The molecule has 6 heteroatoms. The number of nitrogens with one attached hydrogen (secondary N) is 1. The molecule has 0 aliphatic carbocycles. The molecule has 0 spiro atoms. The third-order valence-electron chi connectivity index (χ3n) is 3.71. The molecule has 22 heavy (non-hydrogen) atoms. The van der Waals surface area contributed by atoms with Gasteiger partial charge in [0, 0.05) is 13.1 Å². The summed E-state index contributed by atoms with van der Waals surface area (Å²) in [4.78, 5) is 27.1. The highest BCUT2D eigenvalue weighted by Crippen LogP contribution is 2.16. The molecule has 1 aromatic rings. The van der Waals surface area contributed by atoms with Crippen LogP contribution in [0.15, 0.2) is 24.3 Å². The lowest BCUT2D eigenvalue weighted by molar-refractivity contribution is -0.130. The van der Waals surface area contributed by atoms with Crippen molar-refractivity contribution in [1.82, 2.24) is 15.1 Å². The van der Waals surface area contributed by atoms with Gasteiger partial charge in [-0.1, -0.05) is 12.1 Å². The van der Waals surface area contributed by atoms with Crippen LogP contribution in [0.3, 0.4) is 0 Å². The van der Waals surface area contributed by atoms with Gasteiger partial charge in [-0.05, 0) is 51.6 Å². The van der Waals surface area contributed by atoms with E-state index in [2.05, 4.69) is 5.32 Å². The minimum Gasteiger partial charge on any atom is -0.324 e. The minimum atomic E-state index is -0.815. The van der Waals surface area contributed by atoms with Crippen molar-refractivity contribution in [1.29, 1.82) is 0 Å². The van der Waals surface area contributed by atoms with E-state index >= 15 is 0 Å². The van der Waals surface area contributed by atoms with E-state index in [0.717, 1.165) is 5.56 Å². The summed E-state index contributed by atoms with van der Waals surface area (Å²) in [6.07, 6.45) is 0.682. The van der Waals surface area contributed by atoms with Gasteiger partial charge in [-0.15, -0.1) is 0 Å². The SMILES string of the molecule is CN(CCCN1C(=O)NC(C)(C)C1=O)Cc1cccc(F)c1. The number of imide groups is 1. The average Bonchev–Trinajstić information content (AvgIpc) is 2.60. The number of carbonyl (C=O) groups excluding carboxylic acids is 2. The van der Waals surface area contributed by atoms with Crippen molar-refractivity contribution in [3.05, 3.63) is 35.6 Å². The zero-order valence-corrected chi connectivity index (χ0v) is 13.2. The summed E-state index contributed by atoms with van der Waals surface area (Å²) >= 11 is 0. The van der Waals surface area contributed by atoms with E-state index < -0.39 is 5.54 Å². The van der Waals surface area contributed by atoms with E-state index in [4.69, 9.17) is 0 Å². The van der Waals surface area contributed by atoms with E-state index in [0.29, 0.717) is 26.1 Å². The van der Waals surface area contributed by atoms with Gasteiger partial charge in [-0.3, -0.25) is 9.69 Å². The number of carbonyl (C=O) groups is 2. The van der Waals surface area contributed by atoms with Crippen LogP contribution in [-0.2, 0) is 11.3 Å². The van der Waals surface area contributed by atoms with Crippen molar-refractivity contribution >= 4 is 11.9 Å². The Morgan fingerprint density at radius 2 is 2.05 bits per heavy atom. The summed E-state index contributed by atoms with van der Waals surface area (Å²) < 4.78 is 13.1. The highest BCUT2D eigenvalue weighted by molar-refractivity contribution is 6.06. The predicted molar refractivity (Wildman–Crippen MR) is 81.7 cm³/mol. The maximum atomic E-state index is 13.1. The van der Waals surface area contributed by atoms with E-state index in [9.17, 15) is 14.0 Å². The lowest BCUT2D eigenvalue weighted by Crippen LogP contribution is -2.40. The molecule has 1 heterocycles. The molecule has 1 saturated heterocycles. The molecule has 0 unspecified atom stereocenters. The Morgan fingerprint density at radius 3 is 2.64 bits per heavy atom. The van der Waals surface area contributed by atoms with Gasteiger partial charge in [-0.2, -0.15) is 0 Å². The molecule has 2 rings (SSSR count). The van der Waals surface area contributed by atoms with Gasteiger partial charge in [0.15, 0.2) is 0 Å². The van der Waals surface area contributed by atoms with Crippen LogP contribution in [0.2, 0.25) is 0 Å². The summed E-state index contributed by atoms with van der Waals surface area (Å²) in [5.41, 5.74) is 0.0866. The van der Waals surface area contributed by atoms with Gasteiger partial charge in [0.1, 0.15) is 11.4 Å². The second-order valence-corrected chi connectivity index (χ2v) is 6.23. The molecule has 1 aromatic carbocycles. The standard InChI is InChI=1S/C16H22FN3O2/c1-16(2)14(21)20(15(22)18-16)9-5-8-19(3)11-12-6-4-7-13(17)10-12/h4,6-7,10H,5,8-9,11H2,1-3H3,(H,18,22). The summed E-state index contributed by atoms with van der Waals surface area (Å²) in [7, 11) is 1.93. The van der Waals surface area contributed by atoms with Crippen molar-refractivity contribution in [3.8, 4) is 0 Å². The van der Waals surface area contributed by atoms with E-state index in [1.165, 1.54) is 17.0 Å². The Bertz CT molecular complexity index is 574. The molecule has 3 amide bonds. The number of nitrogens with zero attached hydrogens (tertiary/aromatic N) is 2. The van der Waals surface area contributed by atoms with Gasteiger partial charge in [0.05, 0.1) is 0 Å². The fraction of sp³-hybridized carbons (Fsp3) is 0.500. The number of rotatable bonds is 6. The van der Waals surface area contributed by atoms with Crippen LogP contribution in [-0.4, -0.2) is 47.4 Å². The smallest absolute Gasteiger partial charge is 0.324 e. The number of amides is 3. The molecule has 0 atom stereocenters. The Balaban J connectivity index is 1.79. The number of urea groups is 1. The first-order valence-corrected chi connectivity index (χ1v) is 7.37. The van der Waals surface area contributed by atoms with E-state index in [1.807, 2.05) is 18.0 Å². The first kappa shape index (κ1) is 16.4. The van der Waals surface area contributed by atoms with Crippen LogP contribution in [0.1, 0.15) is 25.8 Å². The predicted octanol–water partition coefficient (Wildman–Crippen LogP) is 1.98. The van der Waals surface area contributed by atoms with Crippen LogP contribution in [0.25, 0.3) is 0 Å². The molecule has 1 fully saturated rings. The zero-order chi connectivity index (χ0) is 16.3. The van der Waals surface area contributed by atoms with Gasteiger partial charge >= 0.3 is 6.03 Å². The molecule has 0 aromatic heterocycles. The molecule has 5 nitrogen and oxygen atoms in total. The van der Waals surface area contributed by atoms with Crippen LogP contribution in [0.4, 0.5) is 9.18 Å². The first-order valence-electron chi connectivity index (χ1n) is 7.37. The molecule has 120 valence electrons. The molecular formula is C16H22FN3O2. The number of halogens is 1. The quantitative estimate of drug-likeness (QED) is 0.818. The van der Waals surface area contributed by atoms with E-state index in [-0.39, 0.29) is 17.8 Å². The van der Waals surface area contributed by atoms with Gasteiger partial charge < -0.3 is 10.2 Å². The maximum absolute atomic E-state index is 13.1. The normalized spacial score (nSPS) is 17.2. The van der Waals surface area contributed by atoms with Crippen molar-refractivity contribution in [2.75, 3.05) is 20.1 Å². The highest BCUT2D eigenvalue weighted by Gasteiger charge is 2.43. The highest BCUT2D eigenvalue weighted by atomic mass is 19.1. The summed E-state index contributed by atoms with van der Waals surface area (Å²) in [6, 6.07) is 6.16. The lowest BCUT2D eigenvalue weighted by Gasteiger charge is -2.19. The second-order valence-electron chi connectivity index (χ2n) is 6.23. The molecule has 1 aliphatic rings. The number of benzene rings is 1. The molecule has 1 N–H and O–H groups in total. The molecule has 0 bridgehead atoms. The Hall–Kier alpha value is -1.95. The van der Waals surface area contributed by atoms with Crippen LogP contribution in [0.5, 0.6) is 0 Å². The fourth-order valence-corrected chi connectivity index (χ4v) is 2.55. The van der Waals surface area contributed by atoms with Crippen molar-refractivity contribution in [2.24, 2.45) is 0 Å². The van der Waals surface area contributed by atoms with Crippen LogP contribution >= 0.6 is 0 Å². The van der Waals surface area contributed by atoms with Crippen LogP contribution < -0.4 is 5.32 Å². The van der Waals surface area contributed by atoms with Gasteiger partial charge in [0.2, 0.25) is 0 Å². The van der Waals surface area contributed by atoms with Gasteiger partial charge in [-0.25, -0.2) is 9.18 Å². The third kappa shape index (κ3) is 3.82. The molecule has 0 saturated carbocycles. The Labute approximate surface area is 130 Å². The van der Waals surface area contributed by atoms with Gasteiger partial charge in [0.25, 0.3) is 5.91 Å². The third-order valence-corrected chi connectivity index (χ3v) is 3.71. The molecule has 1 aliphatic heterocycles. The summed E-state index contributed by atoms with van der Waals surface area (Å²) in [5, 5.41) is 2.66. The molecular weight excluding hydrogens is 285 g/mol. The maximum Gasteiger partial charge on any atom is 0.325 e. The van der Waals surface area contributed by atoms with Crippen molar-refractivity contribution < 1.29 is 14.0 Å². The monoisotopic (exact) mass is 307 g/mol. The zero-order valence-electron chi connectivity index (χ0n) is 13.2. The van der Waals surface area contributed by atoms with Crippen molar-refractivity contribution in [2.45, 2.75) is 32.4 Å². The van der Waals surface area contributed by atoms with Crippen LogP contribution in [0, 0.1) is 5.82 Å². The average molecular weight is 307 g/mol. The number of hydrogen-bond donors (Lipinski definition) is 1. The topological polar surface area (TPSA) is 52.6 Å². The van der Waals surface area contributed by atoms with E-state index in [1.54, 1.807) is 19.9 Å². The fourth-order valence-electron chi connectivity index (χ4n) is 2.55. The first-order chi connectivity index (χ1) is 10.3. The largest absolute Gasteiger partial charge is 0.325 e. The number of hydrogen-bond acceptors (Lipinski definition) is 3.